The molecule has 2 heterocycles. The second-order valence-corrected chi connectivity index (χ2v) is 4.95. The van der Waals surface area contributed by atoms with Gasteiger partial charge in [-0.05, 0) is 30.3 Å². The van der Waals surface area contributed by atoms with E-state index in [9.17, 15) is 0 Å². The van der Waals surface area contributed by atoms with Gasteiger partial charge in [-0.1, -0.05) is 0 Å². The van der Waals surface area contributed by atoms with E-state index < -0.39 is 0 Å². The van der Waals surface area contributed by atoms with Crippen molar-refractivity contribution in [1.82, 2.24) is 9.97 Å². The van der Waals surface area contributed by atoms with E-state index in [0.29, 0.717) is 33.9 Å². The van der Waals surface area contributed by atoms with E-state index in [-0.39, 0.29) is 5.71 Å². The molecule has 0 atom stereocenters. The first kappa shape index (κ1) is 15.2. The van der Waals surface area contributed by atoms with E-state index >= 15 is 0 Å². The lowest BCUT2D eigenvalue weighted by Gasteiger charge is -2.12. The second-order valence-electron chi connectivity index (χ2n) is 4.95. The topological polar surface area (TPSA) is 109 Å². The Morgan fingerprint density at radius 1 is 1.08 bits per heavy atom. The summed E-state index contributed by atoms with van der Waals surface area (Å²) < 4.78 is 5.76. The van der Waals surface area contributed by atoms with Crippen LogP contribution in [0.2, 0.25) is 0 Å². The Morgan fingerprint density at radius 3 is 2.58 bits per heavy atom. The molecule has 0 aliphatic heterocycles. The minimum absolute atomic E-state index is 0.274. The van der Waals surface area contributed by atoms with Crippen LogP contribution in [0.15, 0.2) is 61.2 Å². The molecule has 2 aromatic heterocycles. The number of nitrogens with zero attached hydrogens (tertiary/aromatic N) is 3. The molecule has 0 saturated heterocycles. The first-order valence-electron chi connectivity index (χ1n) is 7.10. The molecule has 0 aliphatic rings. The molecule has 6 heteroatoms. The number of anilines is 1. The van der Waals surface area contributed by atoms with Crippen molar-refractivity contribution in [3.63, 3.8) is 0 Å². The standard InChI is InChI=1S/C18H13N5O/c19-10-13-11-23-8-5-17(13)24-14-1-2-16(20)15(9-14)18(21)12-3-6-22-7-4-12/h1-9,11,21H,20H2. The molecule has 3 N–H and O–H groups in total. The fraction of sp³-hybridized carbons (Fsp3) is 0. The van der Waals surface area contributed by atoms with Gasteiger partial charge in [0.1, 0.15) is 23.1 Å². The number of nitrogen functional groups attached to an aromatic ring is 1. The summed E-state index contributed by atoms with van der Waals surface area (Å²) in [5, 5.41) is 17.4. The van der Waals surface area contributed by atoms with Gasteiger partial charge in [-0.15, -0.1) is 0 Å². The molecule has 3 rings (SSSR count). The molecule has 0 spiro atoms. The van der Waals surface area contributed by atoms with E-state index in [1.54, 1.807) is 55.0 Å². The Bertz CT molecular complexity index is 932. The van der Waals surface area contributed by atoms with Crippen molar-refractivity contribution in [3.8, 4) is 17.6 Å². The Hall–Kier alpha value is -3.72. The lowest BCUT2D eigenvalue weighted by Crippen LogP contribution is -2.06. The maximum Gasteiger partial charge on any atom is 0.148 e. The third kappa shape index (κ3) is 3.05. The number of rotatable bonds is 4. The van der Waals surface area contributed by atoms with E-state index in [0.717, 1.165) is 0 Å². The fourth-order valence-electron chi connectivity index (χ4n) is 2.17. The minimum atomic E-state index is 0.274. The molecule has 116 valence electrons. The van der Waals surface area contributed by atoms with Gasteiger partial charge in [0.25, 0.3) is 0 Å². The van der Waals surface area contributed by atoms with Gasteiger partial charge in [-0.3, -0.25) is 15.4 Å². The molecule has 0 amide bonds. The molecule has 0 bridgehead atoms. The van der Waals surface area contributed by atoms with Gasteiger partial charge in [0.05, 0.1) is 5.71 Å². The minimum Gasteiger partial charge on any atom is -0.456 e. The van der Waals surface area contributed by atoms with Crippen LogP contribution in [0.1, 0.15) is 16.7 Å². The zero-order chi connectivity index (χ0) is 16.9. The number of nitrogens with two attached hydrogens (primary N) is 1. The lowest BCUT2D eigenvalue weighted by atomic mass is 10.0. The maximum atomic E-state index is 9.10. The molecule has 6 nitrogen and oxygen atoms in total. The van der Waals surface area contributed by atoms with Crippen molar-refractivity contribution in [2.75, 3.05) is 5.73 Å². The summed E-state index contributed by atoms with van der Waals surface area (Å²) in [4.78, 5) is 7.84. The summed E-state index contributed by atoms with van der Waals surface area (Å²) in [5.41, 5.74) is 8.33. The van der Waals surface area contributed by atoms with Gasteiger partial charge < -0.3 is 10.5 Å². The van der Waals surface area contributed by atoms with Crippen molar-refractivity contribution in [3.05, 3.63) is 77.9 Å². The highest BCUT2D eigenvalue weighted by Gasteiger charge is 2.11. The number of nitriles is 1. The Morgan fingerprint density at radius 2 is 1.83 bits per heavy atom. The van der Waals surface area contributed by atoms with Crippen molar-refractivity contribution < 1.29 is 4.74 Å². The van der Waals surface area contributed by atoms with Crippen LogP contribution in [-0.4, -0.2) is 15.7 Å². The van der Waals surface area contributed by atoms with Crippen LogP contribution >= 0.6 is 0 Å². The average Bonchev–Trinajstić information content (AvgIpc) is 2.64. The fourth-order valence-corrected chi connectivity index (χ4v) is 2.17. The number of aromatic nitrogens is 2. The van der Waals surface area contributed by atoms with Gasteiger partial charge in [0.15, 0.2) is 0 Å². The van der Waals surface area contributed by atoms with Gasteiger partial charge in [0.2, 0.25) is 0 Å². The predicted octanol–water partition coefficient (Wildman–Crippen LogP) is 3.14. The summed E-state index contributed by atoms with van der Waals surface area (Å²) in [6.45, 7) is 0. The number of hydrogen-bond acceptors (Lipinski definition) is 6. The highest BCUT2D eigenvalue weighted by atomic mass is 16.5. The zero-order valence-corrected chi connectivity index (χ0v) is 12.6. The maximum absolute atomic E-state index is 9.10. The highest BCUT2D eigenvalue weighted by Crippen LogP contribution is 2.28. The molecule has 0 aliphatic carbocycles. The number of benzene rings is 1. The molecule has 0 radical (unpaired) electrons. The van der Waals surface area contributed by atoms with Crippen LogP contribution in [0.25, 0.3) is 0 Å². The van der Waals surface area contributed by atoms with Crippen molar-refractivity contribution >= 4 is 11.4 Å². The quantitative estimate of drug-likeness (QED) is 0.568. The molecule has 1 aromatic carbocycles. The van der Waals surface area contributed by atoms with Gasteiger partial charge >= 0.3 is 0 Å². The third-order valence-electron chi connectivity index (χ3n) is 3.39. The van der Waals surface area contributed by atoms with Gasteiger partial charge in [-0.25, -0.2) is 0 Å². The van der Waals surface area contributed by atoms with Crippen molar-refractivity contribution in [2.24, 2.45) is 0 Å². The monoisotopic (exact) mass is 315 g/mol. The highest BCUT2D eigenvalue weighted by molar-refractivity contribution is 6.13. The van der Waals surface area contributed by atoms with Crippen LogP contribution in [0.5, 0.6) is 11.5 Å². The Balaban J connectivity index is 1.95. The molecule has 0 saturated carbocycles. The molecule has 0 fully saturated rings. The molecule has 24 heavy (non-hydrogen) atoms. The van der Waals surface area contributed by atoms with Crippen LogP contribution in [-0.2, 0) is 0 Å². The molecular weight excluding hydrogens is 302 g/mol. The van der Waals surface area contributed by atoms with Crippen LogP contribution < -0.4 is 10.5 Å². The van der Waals surface area contributed by atoms with Crippen LogP contribution in [0, 0.1) is 16.7 Å². The first-order valence-corrected chi connectivity index (χ1v) is 7.10. The molecule has 3 aromatic rings. The summed E-state index contributed by atoms with van der Waals surface area (Å²) in [6, 6.07) is 12.2. The Labute approximate surface area is 138 Å². The zero-order valence-electron chi connectivity index (χ0n) is 12.6. The van der Waals surface area contributed by atoms with E-state index in [1.165, 1.54) is 6.20 Å². The number of nitrogens with one attached hydrogen (secondary N) is 1. The number of pyridine rings is 2. The van der Waals surface area contributed by atoms with Crippen molar-refractivity contribution in [2.45, 2.75) is 0 Å². The first-order chi connectivity index (χ1) is 11.7. The number of hydrogen-bond donors (Lipinski definition) is 2. The van der Waals surface area contributed by atoms with E-state index in [2.05, 4.69) is 9.97 Å². The SMILES string of the molecule is N#Cc1cnccc1Oc1ccc(N)c(C(=N)c2ccncc2)c1. The van der Waals surface area contributed by atoms with E-state index in [4.69, 9.17) is 21.1 Å². The summed E-state index contributed by atoms with van der Waals surface area (Å²) in [6.07, 6.45) is 6.23. The largest absolute Gasteiger partial charge is 0.456 e. The van der Waals surface area contributed by atoms with Crippen LogP contribution in [0.3, 0.4) is 0 Å². The molecule has 0 unspecified atom stereocenters. The summed E-state index contributed by atoms with van der Waals surface area (Å²) in [5.74, 6) is 0.888. The second kappa shape index (κ2) is 6.58. The third-order valence-corrected chi connectivity index (χ3v) is 3.39. The summed E-state index contributed by atoms with van der Waals surface area (Å²) >= 11 is 0. The number of ether oxygens (including phenoxy) is 1. The van der Waals surface area contributed by atoms with Gasteiger partial charge in [-0.2, -0.15) is 5.26 Å². The van der Waals surface area contributed by atoms with Crippen molar-refractivity contribution in [1.29, 1.82) is 10.7 Å². The normalized spacial score (nSPS) is 9.96. The lowest BCUT2D eigenvalue weighted by molar-refractivity contribution is 0.480. The molecular formula is C18H13N5O. The summed E-state index contributed by atoms with van der Waals surface area (Å²) in [7, 11) is 0. The average molecular weight is 315 g/mol. The van der Waals surface area contributed by atoms with E-state index in [1.807, 2.05) is 6.07 Å². The van der Waals surface area contributed by atoms with Crippen LogP contribution in [0.4, 0.5) is 5.69 Å². The Kier molecular flexibility index (Phi) is 4.17. The predicted molar refractivity (Wildman–Crippen MR) is 90.0 cm³/mol. The van der Waals surface area contributed by atoms with Gasteiger partial charge in [0, 0.05) is 47.7 Å². The smallest absolute Gasteiger partial charge is 0.148 e.